The highest BCUT2D eigenvalue weighted by Crippen LogP contribution is 2.05. The molecular formula is C27H45N11O10. The second kappa shape index (κ2) is 20.0. The van der Waals surface area contributed by atoms with Crippen molar-refractivity contribution in [3.63, 3.8) is 0 Å². The van der Waals surface area contributed by atoms with Crippen molar-refractivity contribution in [2.24, 2.45) is 22.2 Å². The first-order chi connectivity index (χ1) is 22.4. The van der Waals surface area contributed by atoms with Gasteiger partial charge in [0.1, 0.15) is 30.2 Å². The fraction of sp³-hybridized carbons (Fsp3) is 0.593. The van der Waals surface area contributed by atoms with Crippen molar-refractivity contribution in [3.8, 4) is 0 Å². The highest BCUT2D eigenvalue weighted by molar-refractivity contribution is 5.96. The lowest BCUT2D eigenvalue weighted by atomic mass is 10.1. The van der Waals surface area contributed by atoms with Crippen molar-refractivity contribution in [3.05, 3.63) is 18.2 Å². The van der Waals surface area contributed by atoms with Crippen molar-refractivity contribution in [2.45, 2.75) is 95.2 Å². The SMILES string of the molecule is C[C@H](NC(=O)[C@H](C)NC(=O)[C@@H](N)CCCN=C(N)N)C(=O)N[C@H](C(=O)N[C@@H](CCC(=O)O)C(=O)N[C@@H](Cc1cnc[nH]1)C(=O)O)[C@@H](C)O. The number of carbonyl (C=O) groups is 7. The Balaban J connectivity index is 2.85. The van der Waals surface area contributed by atoms with E-state index in [2.05, 4.69) is 41.5 Å². The van der Waals surface area contributed by atoms with E-state index >= 15 is 0 Å². The molecule has 0 aliphatic carbocycles. The maximum absolute atomic E-state index is 13.1. The number of aromatic nitrogens is 2. The second-order valence-corrected chi connectivity index (χ2v) is 10.9. The molecule has 15 N–H and O–H groups in total. The van der Waals surface area contributed by atoms with E-state index in [9.17, 15) is 43.8 Å². The van der Waals surface area contributed by atoms with Gasteiger partial charge in [-0.05, 0) is 40.0 Å². The van der Waals surface area contributed by atoms with Gasteiger partial charge in [-0.3, -0.25) is 33.8 Å². The first kappa shape index (κ1) is 40.7. The van der Waals surface area contributed by atoms with Crippen molar-refractivity contribution >= 4 is 47.4 Å². The number of nitrogens with zero attached hydrogens (tertiary/aromatic N) is 2. The summed E-state index contributed by atoms with van der Waals surface area (Å²) in [7, 11) is 0. The van der Waals surface area contributed by atoms with Crippen LogP contribution in [0.4, 0.5) is 0 Å². The highest BCUT2D eigenvalue weighted by Gasteiger charge is 2.33. The zero-order valence-electron chi connectivity index (χ0n) is 26.8. The Morgan fingerprint density at radius 3 is 1.94 bits per heavy atom. The Hall–Kier alpha value is -5.31. The van der Waals surface area contributed by atoms with Gasteiger partial charge in [0.25, 0.3) is 0 Å². The number of carboxylic acid groups (broad SMARTS) is 2. The van der Waals surface area contributed by atoms with E-state index in [0.29, 0.717) is 12.1 Å². The fourth-order valence-corrected chi connectivity index (χ4v) is 4.01. The molecule has 0 aliphatic heterocycles. The first-order valence-corrected chi connectivity index (χ1v) is 14.9. The summed E-state index contributed by atoms with van der Waals surface area (Å²) >= 11 is 0. The molecule has 1 aromatic heterocycles. The molecule has 0 fully saturated rings. The number of carboxylic acids is 2. The first-order valence-electron chi connectivity index (χ1n) is 14.9. The molecule has 0 saturated carbocycles. The molecule has 1 aromatic rings. The Morgan fingerprint density at radius 2 is 1.42 bits per heavy atom. The van der Waals surface area contributed by atoms with Crippen molar-refractivity contribution in [2.75, 3.05) is 6.54 Å². The lowest BCUT2D eigenvalue weighted by molar-refractivity contribution is -0.143. The number of imidazole rings is 1. The number of aliphatic hydroxyl groups excluding tert-OH is 1. The normalized spacial score (nSPS) is 15.2. The average molecular weight is 684 g/mol. The zero-order valence-corrected chi connectivity index (χ0v) is 26.8. The van der Waals surface area contributed by atoms with Crippen molar-refractivity contribution < 1.29 is 48.9 Å². The molecule has 0 aromatic carbocycles. The Morgan fingerprint density at radius 1 is 0.833 bits per heavy atom. The number of guanidine groups is 1. The third kappa shape index (κ3) is 14.9. The Bertz CT molecular complexity index is 1300. The monoisotopic (exact) mass is 683 g/mol. The van der Waals surface area contributed by atoms with E-state index in [1.54, 1.807) is 0 Å². The molecule has 0 saturated heterocycles. The van der Waals surface area contributed by atoms with Crippen LogP contribution in [0.1, 0.15) is 52.1 Å². The van der Waals surface area contributed by atoms with Crippen LogP contribution in [0.5, 0.6) is 0 Å². The van der Waals surface area contributed by atoms with Crippen LogP contribution >= 0.6 is 0 Å². The van der Waals surface area contributed by atoms with Gasteiger partial charge in [0.05, 0.1) is 18.5 Å². The third-order valence-electron chi connectivity index (χ3n) is 6.74. The molecule has 0 aliphatic rings. The molecule has 0 bridgehead atoms. The number of aliphatic hydroxyl groups is 1. The van der Waals surface area contributed by atoms with Gasteiger partial charge in [-0.2, -0.15) is 0 Å². The largest absolute Gasteiger partial charge is 0.481 e. The maximum atomic E-state index is 13.1. The number of aromatic amines is 1. The number of hydrogen-bond acceptors (Lipinski definition) is 11. The van der Waals surface area contributed by atoms with E-state index in [0.717, 1.165) is 6.92 Å². The van der Waals surface area contributed by atoms with Gasteiger partial charge in [0, 0.05) is 31.3 Å². The van der Waals surface area contributed by atoms with E-state index in [-0.39, 0.29) is 25.3 Å². The number of aliphatic carboxylic acids is 2. The molecular weight excluding hydrogens is 638 g/mol. The van der Waals surface area contributed by atoms with Gasteiger partial charge in [-0.1, -0.05) is 0 Å². The Labute approximate surface area is 275 Å². The molecule has 5 amide bonds. The van der Waals surface area contributed by atoms with Crippen LogP contribution in [0.3, 0.4) is 0 Å². The number of nitrogens with two attached hydrogens (primary N) is 3. The minimum absolute atomic E-state index is 0.104. The van der Waals surface area contributed by atoms with Crippen LogP contribution in [0.2, 0.25) is 0 Å². The minimum atomic E-state index is -1.69. The Kier molecular flexibility index (Phi) is 17.0. The molecule has 21 nitrogen and oxygen atoms in total. The molecule has 0 radical (unpaired) electrons. The number of rotatable bonds is 21. The number of nitrogens with one attached hydrogen (secondary N) is 6. The quantitative estimate of drug-likeness (QED) is 0.0328. The summed E-state index contributed by atoms with van der Waals surface area (Å²) < 4.78 is 0. The predicted molar refractivity (Wildman–Crippen MR) is 167 cm³/mol. The van der Waals surface area contributed by atoms with Crippen LogP contribution in [-0.2, 0) is 40.0 Å². The van der Waals surface area contributed by atoms with Gasteiger partial charge in [-0.25, -0.2) is 9.78 Å². The van der Waals surface area contributed by atoms with Gasteiger partial charge in [-0.15, -0.1) is 0 Å². The minimum Gasteiger partial charge on any atom is -0.481 e. The maximum Gasteiger partial charge on any atom is 0.326 e. The number of aliphatic imine (C=N–C) groups is 1. The average Bonchev–Trinajstić information content (AvgIpc) is 3.51. The van der Waals surface area contributed by atoms with Crippen LogP contribution in [0, 0.1) is 0 Å². The molecule has 268 valence electrons. The summed E-state index contributed by atoms with van der Waals surface area (Å²) in [6.45, 7) is 4.03. The summed E-state index contributed by atoms with van der Waals surface area (Å²) in [5.74, 6) is -7.30. The molecule has 21 heteroatoms. The predicted octanol–water partition coefficient (Wildman–Crippen LogP) is -4.87. The van der Waals surface area contributed by atoms with Crippen LogP contribution in [0.25, 0.3) is 0 Å². The van der Waals surface area contributed by atoms with E-state index in [1.165, 1.54) is 26.4 Å². The highest BCUT2D eigenvalue weighted by atomic mass is 16.4. The molecule has 7 atom stereocenters. The number of amides is 5. The van der Waals surface area contributed by atoms with Crippen molar-refractivity contribution in [1.82, 2.24) is 36.6 Å². The summed E-state index contributed by atoms with van der Waals surface area (Å²) in [6, 6.07) is -8.11. The molecule has 48 heavy (non-hydrogen) atoms. The summed E-state index contributed by atoms with van der Waals surface area (Å²) in [4.78, 5) is 97.1. The van der Waals surface area contributed by atoms with Crippen LogP contribution < -0.4 is 43.8 Å². The van der Waals surface area contributed by atoms with E-state index < -0.39 is 96.7 Å². The van der Waals surface area contributed by atoms with Crippen molar-refractivity contribution in [1.29, 1.82) is 0 Å². The van der Waals surface area contributed by atoms with Gasteiger partial charge in [0.2, 0.25) is 29.5 Å². The number of H-pyrrole nitrogens is 1. The molecule has 1 rings (SSSR count). The second-order valence-electron chi connectivity index (χ2n) is 10.9. The molecule has 0 spiro atoms. The van der Waals surface area contributed by atoms with Gasteiger partial charge < -0.3 is 64.1 Å². The fourth-order valence-electron chi connectivity index (χ4n) is 4.01. The summed E-state index contributed by atoms with van der Waals surface area (Å²) in [5, 5.41) is 40.4. The molecule has 0 unspecified atom stereocenters. The lowest BCUT2D eigenvalue weighted by Gasteiger charge is -2.26. The number of carbonyl (C=O) groups excluding carboxylic acids is 5. The number of hydrogen-bond donors (Lipinski definition) is 12. The van der Waals surface area contributed by atoms with Crippen LogP contribution in [-0.4, -0.2) is 122 Å². The lowest BCUT2D eigenvalue weighted by Crippen LogP contribution is -2.60. The zero-order chi connectivity index (χ0) is 36.6. The topological polar surface area (TPSA) is 359 Å². The van der Waals surface area contributed by atoms with E-state index in [1.807, 2.05) is 0 Å². The summed E-state index contributed by atoms with van der Waals surface area (Å²) in [6.07, 6.45) is 0.483. The standard InChI is InChI=1S/C27H45N11O10/c1-12(35-23(44)16(28)5-4-8-32-27(29)30)21(42)34-13(2)22(43)38-20(14(3)39)25(46)36-17(6-7-19(40)41)24(45)37-18(26(47)48)9-15-10-31-11-33-15/h10-14,16-18,20,39H,4-9,28H2,1-3H3,(H,31,33)(H,34,42)(H,35,44)(H,36,46)(H,37,45)(H,38,43)(H,40,41)(H,47,48)(H4,29,30,32)/t12-,13-,14+,16-,17-,18-,20-/m0/s1. The molecule has 1 heterocycles. The smallest absolute Gasteiger partial charge is 0.326 e. The van der Waals surface area contributed by atoms with Gasteiger partial charge in [0.15, 0.2) is 5.96 Å². The third-order valence-corrected chi connectivity index (χ3v) is 6.74. The van der Waals surface area contributed by atoms with E-state index in [4.69, 9.17) is 22.3 Å². The summed E-state index contributed by atoms with van der Waals surface area (Å²) in [5.41, 5.74) is 16.7. The van der Waals surface area contributed by atoms with Gasteiger partial charge >= 0.3 is 11.9 Å². The van der Waals surface area contributed by atoms with Crippen LogP contribution in [0.15, 0.2) is 17.5 Å².